The highest BCUT2D eigenvalue weighted by molar-refractivity contribution is 8.03. The maximum Gasteiger partial charge on any atom is 0.231 e. The summed E-state index contributed by atoms with van der Waals surface area (Å²) in [5.41, 5.74) is 0.357. The molecule has 1 N–H and O–H groups in total. The van der Waals surface area contributed by atoms with Crippen LogP contribution in [-0.4, -0.2) is 35.9 Å². The molecule has 2 aliphatic rings. The van der Waals surface area contributed by atoms with E-state index >= 15 is 0 Å². The molecule has 0 saturated carbocycles. The number of carbonyl (C=O) groups excluding carboxylic acids is 1. The molecule has 0 aromatic heterocycles. The van der Waals surface area contributed by atoms with Crippen LogP contribution >= 0.6 is 11.8 Å². The standard InChI is InChI=1S/C22H20N2O4S/c1-27-15-9-7-14(8-10-15)22(26)13-29-21-18(12-23)17(11-20(25)24(21)22)16-5-3-4-6-19(16)28-2/h3-10,17,26H,11,13H2,1-2H3/t17-,22-/m0/s1. The number of para-hydroxylation sites is 1. The Morgan fingerprint density at radius 1 is 1.17 bits per heavy atom. The van der Waals surface area contributed by atoms with E-state index in [-0.39, 0.29) is 18.1 Å². The zero-order chi connectivity index (χ0) is 20.6. The molecule has 4 rings (SSSR count). The fraction of sp³-hybridized carbons (Fsp3) is 0.273. The smallest absolute Gasteiger partial charge is 0.231 e. The maximum absolute atomic E-state index is 13.2. The van der Waals surface area contributed by atoms with Crippen LogP contribution in [0.1, 0.15) is 23.5 Å². The Hall–Kier alpha value is -2.95. The molecule has 0 aliphatic carbocycles. The lowest BCUT2D eigenvalue weighted by Gasteiger charge is -2.38. The highest BCUT2D eigenvalue weighted by atomic mass is 32.2. The van der Waals surface area contributed by atoms with Gasteiger partial charge in [-0.2, -0.15) is 5.26 Å². The largest absolute Gasteiger partial charge is 0.497 e. The normalized spacial score (nSPS) is 23.6. The van der Waals surface area contributed by atoms with E-state index in [9.17, 15) is 15.2 Å². The second-order valence-electron chi connectivity index (χ2n) is 6.89. The third-order valence-electron chi connectivity index (χ3n) is 5.38. The summed E-state index contributed by atoms with van der Waals surface area (Å²) in [6, 6.07) is 16.7. The first-order valence-corrected chi connectivity index (χ1v) is 10.1. The van der Waals surface area contributed by atoms with Gasteiger partial charge >= 0.3 is 0 Å². The van der Waals surface area contributed by atoms with Crippen molar-refractivity contribution in [2.24, 2.45) is 0 Å². The average molecular weight is 408 g/mol. The molecule has 0 radical (unpaired) electrons. The Kier molecular flexibility index (Phi) is 4.99. The van der Waals surface area contributed by atoms with Crippen LogP contribution in [0.15, 0.2) is 59.1 Å². The van der Waals surface area contributed by atoms with Crippen LogP contribution in [0, 0.1) is 11.3 Å². The van der Waals surface area contributed by atoms with Crippen LogP contribution < -0.4 is 9.47 Å². The molecule has 2 aliphatic heterocycles. The Labute approximate surface area is 173 Å². The van der Waals surface area contributed by atoms with E-state index in [0.717, 1.165) is 5.56 Å². The van der Waals surface area contributed by atoms with E-state index in [0.29, 0.717) is 27.7 Å². The lowest BCUT2D eigenvalue weighted by atomic mass is 9.85. The first-order valence-electron chi connectivity index (χ1n) is 9.13. The van der Waals surface area contributed by atoms with Gasteiger partial charge in [0.1, 0.15) is 11.5 Å². The molecule has 6 nitrogen and oxygen atoms in total. The summed E-state index contributed by atoms with van der Waals surface area (Å²) < 4.78 is 10.6. The van der Waals surface area contributed by atoms with Crippen molar-refractivity contribution in [3.05, 3.63) is 70.3 Å². The van der Waals surface area contributed by atoms with Gasteiger partial charge in [-0.1, -0.05) is 30.3 Å². The van der Waals surface area contributed by atoms with Gasteiger partial charge in [0, 0.05) is 23.5 Å². The van der Waals surface area contributed by atoms with Crippen LogP contribution in [0.4, 0.5) is 0 Å². The van der Waals surface area contributed by atoms with Crippen LogP contribution in [0.25, 0.3) is 0 Å². The van der Waals surface area contributed by atoms with E-state index in [2.05, 4.69) is 6.07 Å². The molecule has 2 aromatic rings. The Bertz CT molecular complexity index is 1030. The van der Waals surface area contributed by atoms with Gasteiger partial charge in [-0.05, 0) is 18.2 Å². The SMILES string of the molecule is COc1ccc([C@@]2(O)CSC3=C(C#N)[C@H](c4ccccc4OC)CC(=O)N32)cc1. The van der Waals surface area contributed by atoms with Crippen molar-refractivity contribution in [3.8, 4) is 17.6 Å². The van der Waals surface area contributed by atoms with Crippen molar-refractivity contribution < 1.29 is 19.4 Å². The molecule has 1 amide bonds. The number of carbonyl (C=O) groups is 1. The number of hydrogen-bond donors (Lipinski definition) is 1. The van der Waals surface area contributed by atoms with Crippen molar-refractivity contribution in [2.75, 3.05) is 20.0 Å². The fourth-order valence-electron chi connectivity index (χ4n) is 3.92. The summed E-state index contributed by atoms with van der Waals surface area (Å²) in [4.78, 5) is 14.6. The Morgan fingerprint density at radius 3 is 2.55 bits per heavy atom. The number of methoxy groups -OCH3 is 2. The average Bonchev–Trinajstić information content (AvgIpc) is 3.12. The van der Waals surface area contributed by atoms with Crippen LogP contribution in [-0.2, 0) is 10.5 Å². The number of ether oxygens (including phenoxy) is 2. The molecule has 29 heavy (non-hydrogen) atoms. The van der Waals surface area contributed by atoms with Gasteiger partial charge in [0.15, 0.2) is 5.72 Å². The van der Waals surface area contributed by atoms with Crippen molar-refractivity contribution in [1.29, 1.82) is 5.26 Å². The molecule has 2 aromatic carbocycles. The Balaban J connectivity index is 1.80. The Morgan fingerprint density at radius 2 is 1.90 bits per heavy atom. The number of rotatable bonds is 4. The van der Waals surface area contributed by atoms with Crippen molar-refractivity contribution in [1.82, 2.24) is 4.90 Å². The third-order valence-corrected chi connectivity index (χ3v) is 6.60. The molecular formula is C22H20N2O4S. The van der Waals surface area contributed by atoms with Gasteiger partial charge in [0.25, 0.3) is 0 Å². The van der Waals surface area contributed by atoms with Gasteiger partial charge in [-0.3, -0.25) is 9.69 Å². The van der Waals surface area contributed by atoms with E-state index in [1.807, 2.05) is 24.3 Å². The molecule has 0 spiro atoms. The summed E-state index contributed by atoms with van der Waals surface area (Å²) in [6.07, 6.45) is 0.0891. The van der Waals surface area contributed by atoms with E-state index in [4.69, 9.17) is 9.47 Å². The maximum atomic E-state index is 13.2. The number of thioether (sulfide) groups is 1. The number of fused-ring (bicyclic) bond motifs is 1. The topological polar surface area (TPSA) is 82.8 Å². The number of benzene rings is 2. The van der Waals surface area contributed by atoms with Crippen molar-refractivity contribution in [3.63, 3.8) is 0 Å². The number of aliphatic hydroxyl groups is 1. The first-order chi connectivity index (χ1) is 14.0. The van der Waals surface area contributed by atoms with Gasteiger partial charge in [-0.15, -0.1) is 11.8 Å². The zero-order valence-electron chi connectivity index (χ0n) is 16.1. The molecule has 0 bridgehead atoms. The lowest BCUT2D eigenvalue weighted by Crippen LogP contribution is -2.48. The van der Waals surface area contributed by atoms with Gasteiger partial charge in [0.05, 0.1) is 36.6 Å². The van der Waals surface area contributed by atoms with Crippen molar-refractivity contribution >= 4 is 17.7 Å². The molecule has 1 saturated heterocycles. The monoisotopic (exact) mass is 408 g/mol. The zero-order valence-corrected chi connectivity index (χ0v) is 16.9. The minimum Gasteiger partial charge on any atom is -0.497 e. The van der Waals surface area contributed by atoms with Gasteiger partial charge < -0.3 is 14.6 Å². The molecular weight excluding hydrogens is 388 g/mol. The minimum atomic E-state index is -1.50. The number of allylic oxidation sites excluding steroid dienone is 1. The molecule has 7 heteroatoms. The number of amides is 1. The van der Waals surface area contributed by atoms with Gasteiger partial charge in [-0.25, -0.2) is 0 Å². The van der Waals surface area contributed by atoms with Crippen LogP contribution in [0.5, 0.6) is 11.5 Å². The third kappa shape index (κ3) is 3.05. The molecule has 2 atom stereocenters. The second kappa shape index (κ2) is 7.47. The summed E-state index contributed by atoms with van der Waals surface area (Å²) >= 11 is 1.33. The minimum absolute atomic E-state index is 0.0891. The van der Waals surface area contributed by atoms with E-state index in [1.165, 1.54) is 16.7 Å². The number of nitrogens with zero attached hydrogens (tertiary/aromatic N) is 2. The molecule has 0 unspecified atom stereocenters. The second-order valence-corrected chi connectivity index (χ2v) is 7.86. The number of hydrogen-bond acceptors (Lipinski definition) is 6. The molecule has 2 heterocycles. The lowest BCUT2D eigenvalue weighted by molar-refractivity contribution is -0.149. The van der Waals surface area contributed by atoms with Crippen LogP contribution in [0.2, 0.25) is 0 Å². The predicted molar refractivity (Wildman–Crippen MR) is 109 cm³/mol. The van der Waals surface area contributed by atoms with Crippen molar-refractivity contribution in [2.45, 2.75) is 18.1 Å². The summed E-state index contributed by atoms with van der Waals surface area (Å²) in [5, 5.41) is 21.9. The van der Waals surface area contributed by atoms with Gasteiger partial charge in [0.2, 0.25) is 5.91 Å². The van der Waals surface area contributed by atoms with E-state index in [1.54, 1.807) is 38.5 Å². The van der Waals surface area contributed by atoms with E-state index < -0.39 is 11.6 Å². The molecule has 1 fully saturated rings. The fourth-order valence-corrected chi connectivity index (χ4v) is 5.28. The first kappa shape index (κ1) is 19.4. The molecule has 148 valence electrons. The summed E-state index contributed by atoms with van der Waals surface area (Å²) in [6.45, 7) is 0. The summed E-state index contributed by atoms with van der Waals surface area (Å²) in [7, 11) is 3.14. The number of nitriles is 1. The summed E-state index contributed by atoms with van der Waals surface area (Å²) in [5.74, 6) is 0.932. The highest BCUT2D eigenvalue weighted by Crippen LogP contribution is 2.52. The highest BCUT2D eigenvalue weighted by Gasteiger charge is 2.52. The van der Waals surface area contributed by atoms with Crippen LogP contribution in [0.3, 0.4) is 0 Å². The predicted octanol–water partition coefficient (Wildman–Crippen LogP) is 3.35. The quantitative estimate of drug-likeness (QED) is 0.835.